The van der Waals surface area contributed by atoms with Gasteiger partial charge in [-0.1, -0.05) is 372 Å². The van der Waals surface area contributed by atoms with Gasteiger partial charge in [-0.25, -0.2) is 30.0 Å². The lowest BCUT2D eigenvalue weighted by Crippen LogP contribution is -2.72. The molecule has 0 saturated carbocycles. The smallest absolute Gasteiger partial charge is 0.404 e. The molecular weight excluding hydrogens is 1430 g/mol. The number of amidine groups is 4. The van der Waals surface area contributed by atoms with Crippen molar-refractivity contribution in [3.8, 4) is 0 Å². The number of hydrogen-bond acceptors (Lipinski definition) is 8. The molecule has 0 atom stereocenters. The summed E-state index contributed by atoms with van der Waals surface area (Å²) in [5, 5.41) is 13.0. The Morgan fingerprint density at radius 1 is 0.274 bits per heavy atom. The monoisotopic (exact) mass is 1560 g/mol. The third-order valence-corrected chi connectivity index (χ3v) is 41.3. The summed E-state index contributed by atoms with van der Waals surface area (Å²) in [6.45, 7) is 24.4. The van der Waals surface area contributed by atoms with E-state index >= 15 is 0 Å². The summed E-state index contributed by atoms with van der Waals surface area (Å²) >= 11 is 0. The molecule has 0 spiro atoms. The molecular formula is C100H134N8O2Si3. The predicted molar refractivity (Wildman–Crippen MR) is 492 cm³/mol. The van der Waals surface area contributed by atoms with Crippen molar-refractivity contribution in [2.24, 2.45) is 53.6 Å². The number of nitrogens with zero attached hydrogens (tertiary/aromatic N) is 8. The van der Waals surface area contributed by atoms with E-state index in [1.807, 2.05) is 0 Å². The first-order valence-corrected chi connectivity index (χ1v) is 52.3. The molecule has 0 radical (unpaired) electrons. The lowest BCUT2D eigenvalue weighted by Gasteiger charge is -2.48. The predicted octanol–water partition coefficient (Wildman–Crippen LogP) is 29.1. The van der Waals surface area contributed by atoms with E-state index in [4.69, 9.17) is 30.0 Å². The van der Waals surface area contributed by atoms with Crippen LogP contribution in [0.15, 0.2) is 176 Å². The fourth-order valence-electron chi connectivity index (χ4n) is 20.0. The quantitative estimate of drug-likeness (QED) is 0.0280. The van der Waals surface area contributed by atoms with E-state index in [1.54, 1.807) is 0 Å². The first-order valence-electron chi connectivity index (χ1n) is 45.6. The standard InChI is InChI=1S/C100H134N8O2Si3/c1-11-13-15-17-19-21-23-25-27-29-31-33-35-37-39-49-59-111(69-73(3)4,70-74(5)6)109-113(110-112(71-75(7)8,72-76(9)10)60-50-40-38-36-34-32-30-28-26-24-22-20-18-16-14-12-2)107-97-89-65-81-55-45-46-56-82(81)66-90(89)99(107)105-95-87-63-79-53-43-44-54-80(79)64-88(87)96(102-95)106-100-92-68-84-58-48-47-57-83(84)67-91(92)98(108(100)113)104-94-86-62-78-52-42-41-51-77(78)61-85(86)93(101-94)103-97/h41-48,51-58,61-68,73-76H,11-40,49-50,59-60,69-72H2,1-10H3. The number of rotatable bonds is 46. The highest BCUT2D eigenvalue weighted by Gasteiger charge is 2.61. The van der Waals surface area contributed by atoms with Gasteiger partial charge in [-0.15, -0.1) is 0 Å². The third kappa shape index (κ3) is 19.4. The Balaban J connectivity index is 0.999. The molecule has 0 fully saturated rings. The molecule has 8 aromatic carbocycles. The second-order valence-corrected chi connectivity index (χ2v) is 47.5. The topological polar surface area (TPSA) is 102 Å². The Labute approximate surface area is 680 Å². The Morgan fingerprint density at radius 3 is 0.761 bits per heavy atom. The molecule has 2 aromatic heterocycles. The highest BCUT2D eigenvalue weighted by atomic mass is 28.5. The van der Waals surface area contributed by atoms with Gasteiger partial charge in [-0.05, 0) is 152 Å². The largest absolute Gasteiger partial charge is 0.582 e. The number of unbranched alkanes of at least 4 members (excludes halogenated alkanes) is 30. The van der Waals surface area contributed by atoms with E-state index in [1.165, 1.54) is 193 Å². The molecule has 4 aliphatic heterocycles. The highest BCUT2D eigenvalue weighted by Crippen LogP contribution is 2.50. The molecule has 4 aliphatic rings. The molecule has 6 heterocycles. The zero-order chi connectivity index (χ0) is 78.3. The molecule has 0 saturated heterocycles. The van der Waals surface area contributed by atoms with E-state index in [-0.39, 0.29) is 0 Å². The van der Waals surface area contributed by atoms with Gasteiger partial charge in [-0.2, -0.15) is 0 Å². The first-order chi connectivity index (χ1) is 55.1. The maximum absolute atomic E-state index is 9.80. The molecule has 14 rings (SSSR count). The van der Waals surface area contributed by atoms with Gasteiger partial charge in [-0.3, -0.25) is 8.47 Å². The summed E-state index contributed by atoms with van der Waals surface area (Å²) in [5.74, 6) is 5.39. The fourth-order valence-corrected chi connectivity index (χ4v) is 39.5. The van der Waals surface area contributed by atoms with Crippen molar-refractivity contribution in [1.82, 2.24) is 8.47 Å². The molecule has 0 aliphatic carbocycles. The molecule has 10 nitrogen and oxygen atoms in total. The van der Waals surface area contributed by atoms with Crippen LogP contribution in [0.5, 0.6) is 0 Å². The van der Waals surface area contributed by atoms with E-state index < -0.39 is 25.5 Å². The van der Waals surface area contributed by atoms with Crippen molar-refractivity contribution < 1.29 is 8.23 Å². The minimum atomic E-state index is -4.77. The number of hydrogen-bond donors (Lipinski definition) is 0. The van der Waals surface area contributed by atoms with Gasteiger partial charge < -0.3 is 8.23 Å². The number of fused-ring (bicyclic) bond motifs is 18. The SMILES string of the molecule is CCCCCCCCCCCCCCCCCC[Si](CC(C)C)(CC(C)C)O[Si]1(O[Si](CCCCCCCCCCCCCCCCCC)(CC(C)C)CC(C)C)n2c3c4cc5ccccc5cc4c2N=C2N=C(N=c4c5cc6ccccc6cc5c(n41)=NC1=NC(=N3)c3cc4ccccc4cc31)c1cc3ccccc3cc12. The van der Waals surface area contributed by atoms with E-state index in [0.29, 0.717) is 47.0 Å². The van der Waals surface area contributed by atoms with Crippen LogP contribution in [-0.2, 0) is 8.23 Å². The summed E-state index contributed by atoms with van der Waals surface area (Å²) < 4.78 is 24.8. The number of benzene rings is 8. The minimum Gasteiger partial charge on any atom is -0.404 e. The highest BCUT2D eigenvalue weighted by molar-refractivity contribution is 6.89. The summed E-state index contributed by atoms with van der Waals surface area (Å²) in [5.41, 5.74) is 5.35. The molecule has 0 unspecified atom stereocenters. The second kappa shape index (κ2) is 38.7. The van der Waals surface area contributed by atoms with E-state index in [0.717, 1.165) is 159 Å². The van der Waals surface area contributed by atoms with E-state index in [9.17, 15) is 8.23 Å². The van der Waals surface area contributed by atoms with E-state index in [2.05, 4.69) is 223 Å². The summed E-state index contributed by atoms with van der Waals surface area (Å²) in [6, 6.07) is 60.1. The molecule has 0 N–H and O–H groups in total. The average Bonchev–Trinajstić information content (AvgIpc) is 1.52. The van der Waals surface area contributed by atoms with Crippen molar-refractivity contribution in [2.45, 2.75) is 311 Å². The van der Waals surface area contributed by atoms with Crippen LogP contribution >= 0.6 is 0 Å². The lowest BCUT2D eigenvalue weighted by molar-refractivity contribution is 0.311. The lowest BCUT2D eigenvalue weighted by atomic mass is 10.0. The Bertz CT molecular complexity index is 4860. The molecule has 598 valence electrons. The van der Waals surface area contributed by atoms with Gasteiger partial charge in [0.1, 0.15) is 22.6 Å². The van der Waals surface area contributed by atoms with Gasteiger partial charge in [0.2, 0.25) is 0 Å². The number of aliphatic imine (C=N–C) groups is 4. The summed E-state index contributed by atoms with van der Waals surface area (Å²) in [7, 11) is -11.1. The van der Waals surface area contributed by atoms with Crippen LogP contribution in [-0.4, -0.2) is 57.3 Å². The summed E-state index contributed by atoms with van der Waals surface area (Å²) in [6.07, 6.45) is 42.6. The third-order valence-electron chi connectivity index (χ3n) is 24.9. The van der Waals surface area contributed by atoms with Gasteiger partial charge in [0, 0.05) is 43.8 Å². The van der Waals surface area contributed by atoms with Gasteiger partial charge >= 0.3 is 8.88 Å². The van der Waals surface area contributed by atoms with Crippen molar-refractivity contribution in [1.29, 1.82) is 0 Å². The fraction of sp³-hybridized carbons (Fsp3) is 0.520. The Hall–Kier alpha value is -7.27. The molecule has 6 bridgehead atoms. The van der Waals surface area contributed by atoms with Crippen molar-refractivity contribution in [2.75, 3.05) is 0 Å². The summed E-state index contributed by atoms with van der Waals surface area (Å²) in [4.78, 5) is 36.9. The van der Waals surface area contributed by atoms with Crippen LogP contribution in [0.2, 0.25) is 36.3 Å². The van der Waals surface area contributed by atoms with Crippen molar-refractivity contribution >= 4 is 125 Å². The van der Waals surface area contributed by atoms with Crippen LogP contribution in [0.3, 0.4) is 0 Å². The zero-order valence-corrected chi connectivity index (χ0v) is 73.9. The van der Waals surface area contributed by atoms with Crippen LogP contribution in [0, 0.1) is 23.7 Å². The van der Waals surface area contributed by atoms with Gasteiger partial charge in [0.25, 0.3) is 0 Å². The Kier molecular flexibility index (Phi) is 28.1. The molecule has 10 aromatic rings. The van der Waals surface area contributed by atoms with Gasteiger partial charge in [0.05, 0.1) is 0 Å². The van der Waals surface area contributed by atoms with Crippen LogP contribution < -0.4 is 11.0 Å². The molecule has 0 amide bonds. The Morgan fingerprint density at radius 2 is 0.504 bits per heavy atom. The normalized spacial score (nSPS) is 14.5. The first kappa shape index (κ1) is 82.3. The van der Waals surface area contributed by atoms with Gasteiger partial charge in [0.15, 0.2) is 40.0 Å². The van der Waals surface area contributed by atoms with Crippen LogP contribution in [0.1, 0.15) is 297 Å². The average molecular weight is 1560 g/mol. The maximum atomic E-state index is 9.80. The zero-order valence-electron chi connectivity index (χ0n) is 70.9. The second-order valence-electron chi connectivity index (χ2n) is 36.5. The molecule has 113 heavy (non-hydrogen) atoms. The van der Waals surface area contributed by atoms with Crippen LogP contribution in [0.4, 0.5) is 11.6 Å². The van der Waals surface area contributed by atoms with Crippen LogP contribution in [0.25, 0.3) is 64.6 Å². The molecule has 13 heteroatoms. The van der Waals surface area contributed by atoms with Crippen molar-refractivity contribution in [3.63, 3.8) is 0 Å². The maximum Gasteiger partial charge on any atom is 0.582 e. The minimum absolute atomic E-state index is 0.336. The number of aromatic nitrogens is 2. The van der Waals surface area contributed by atoms with Crippen molar-refractivity contribution in [3.05, 3.63) is 179 Å².